The van der Waals surface area contributed by atoms with E-state index in [4.69, 9.17) is 11.6 Å². The van der Waals surface area contributed by atoms with E-state index < -0.39 is 0 Å². The monoisotopic (exact) mass is 326 g/mol. The quantitative estimate of drug-likeness (QED) is 0.733. The molecule has 0 N–H and O–H groups in total. The van der Waals surface area contributed by atoms with Crippen molar-refractivity contribution < 1.29 is 4.39 Å². The second-order valence-corrected chi connectivity index (χ2v) is 7.19. The maximum absolute atomic E-state index is 13.7. The first-order chi connectivity index (χ1) is 10.1. The van der Waals surface area contributed by atoms with Crippen LogP contribution in [-0.2, 0) is 5.88 Å². The third kappa shape index (κ3) is 2.80. The molecule has 2 nitrogen and oxygen atoms in total. The molecule has 0 amide bonds. The van der Waals surface area contributed by atoms with Crippen molar-refractivity contribution >= 4 is 34.4 Å². The first-order valence-electron chi connectivity index (χ1n) is 7.39. The summed E-state index contributed by atoms with van der Waals surface area (Å²) in [6, 6.07) is 3.89. The van der Waals surface area contributed by atoms with Crippen molar-refractivity contribution in [2.75, 3.05) is 6.26 Å². The summed E-state index contributed by atoms with van der Waals surface area (Å²) in [7, 11) is 0. The van der Waals surface area contributed by atoms with E-state index in [2.05, 4.69) is 15.8 Å². The summed E-state index contributed by atoms with van der Waals surface area (Å²) in [5, 5.41) is 0.773. The Morgan fingerprint density at radius 3 is 2.67 bits per heavy atom. The number of aromatic nitrogens is 2. The highest BCUT2D eigenvalue weighted by Gasteiger charge is 2.25. The second-order valence-electron chi connectivity index (χ2n) is 5.79. The molecular weight excluding hydrogens is 307 g/mol. The number of hydrogen-bond donors (Lipinski definition) is 0. The minimum absolute atomic E-state index is 0.195. The Labute approximate surface area is 134 Å². The van der Waals surface area contributed by atoms with Gasteiger partial charge in [0.25, 0.3) is 0 Å². The van der Waals surface area contributed by atoms with E-state index >= 15 is 0 Å². The van der Waals surface area contributed by atoms with Crippen LogP contribution >= 0.6 is 23.4 Å². The minimum atomic E-state index is -0.195. The molecule has 5 heteroatoms. The Morgan fingerprint density at radius 1 is 1.33 bits per heavy atom. The van der Waals surface area contributed by atoms with Crippen LogP contribution in [0.5, 0.6) is 0 Å². The predicted octanol–water partition coefficient (Wildman–Crippen LogP) is 5.07. The van der Waals surface area contributed by atoms with E-state index in [1.54, 1.807) is 6.92 Å². The van der Waals surface area contributed by atoms with E-state index in [0.717, 1.165) is 34.9 Å². The van der Waals surface area contributed by atoms with Crippen LogP contribution in [0.4, 0.5) is 4.39 Å². The molecular formula is C16H20ClFN2S. The molecule has 1 heterocycles. The summed E-state index contributed by atoms with van der Waals surface area (Å²) < 4.78 is 16.0. The smallest absolute Gasteiger partial charge is 0.128 e. The van der Waals surface area contributed by atoms with Gasteiger partial charge in [-0.15, -0.1) is 11.6 Å². The van der Waals surface area contributed by atoms with Crippen LogP contribution < -0.4 is 0 Å². The summed E-state index contributed by atoms with van der Waals surface area (Å²) in [6.45, 7) is 1.80. The van der Waals surface area contributed by atoms with Crippen molar-refractivity contribution in [2.24, 2.45) is 0 Å². The molecule has 1 fully saturated rings. The zero-order valence-corrected chi connectivity index (χ0v) is 14.0. The van der Waals surface area contributed by atoms with Gasteiger partial charge in [0, 0.05) is 17.4 Å². The molecule has 1 saturated carbocycles. The number of fused-ring (bicyclic) bond motifs is 1. The van der Waals surface area contributed by atoms with Crippen LogP contribution in [0.2, 0.25) is 0 Å². The normalized spacial score (nSPS) is 22.9. The van der Waals surface area contributed by atoms with Gasteiger partial charge in [0.05, 0.1) is 16.9 Å². The van der Waals surface area contributed by atoms with E-state index in [0.29, 0.717) is 17.5 Å². The molecule has 0 saturated heterocycles. The number of thioether (sulfide) groups is 1. The molecule has 0 radical (unpaired) electrons. The maximum atomic E-state index is 13.7. The fourth-order valence-electron chi connectivity index (χ4n) is 3.31. The van der Waals surface area contributed by atoms with Crippen molar-refractivity contribution in [3.63, 3.8) is 0 Å². The number of benzene rings is 1. The molecule has 0 atom stereocenters. The van der Waals surface area contributed by atoms with Crippen LogP contribution in [0.25, 0.3) is 11.0 Å². The topological polar surface area (TPSA) is 17.8 Å². The fourth-order valence-corrected chi connectivity index (χ4v) is 4.24. The van der Waals surface area contributed by atoms with Crippen molar-refractivity contribution in [3.8, 4) is 0 Å². The highest BCUT2D eigenvalue weighted by atomic mass is 35.5. The van der Waals surface area contributed by atoms with Crippen molar-refractivity contribution in [1.29, 1.82) is 0 Å². The number of hydrogen-bond acceptors (Lipinski definition) is 2. The van der Waals surface area contributed by atoms with E-state index in [9.17, 15) is 4.39 Å². The van der Waals surface area contributed by atoms with Gasteiger partial charge >= 0.3 is 0 Å². The number of halogens is 2. The van der Waals surface area contributed by atoms with Crippen molar-refractivity contribution in [1.82, 2.24) is 9.55 Å². The molecule has 0 aliphatic heterocycles. The Bertz CT molecular complexity index is 647. The molecule has 1 aromatic carbocycles. The first kappa shape index (κ1) is 15.2. The average molecular weight is 327 g/mol. The standard InChI is InChI=1S/C16H20ClFN2S/c1-10-7-15-14(8-13(10)18)19-16(9-17)20(15)11-3-5-12(21-2)6-4-11/h7-8,11-12H,3-6,9H2,1-2H3. The molecule has 114 valence electrons. The molecule has 2 aromatic rings. The number of rotatable bonds is 3. The summed E-state index contributed by atoms with van der Waals surface area (Å²) in [6.07, 6.45) is 6.95. The summed E-state index contributed by atoms with van der Waals surface area (Å²) >= 11 is 8.04. The zero-order valence-electron chi connectivity index (χ0n) is 12.4. The Balaban J connectivity index is 2.02. The zero-order chi connectivity index (χ0) is 15.0. The lowest BCUT2D eigenvalue weighted by Gasteiger charge is -2.29. The van der Waals surface area contributed by atoms with Gasteiger partial charge in [0.15, 0.2) is 0 Å². The fraction of sp³-hybridized carbons (Fsp3) is 0.562. The van der Waals surface area contributed by atoms with Gasteiger partial charge in [-0.05, 0) is 50.5 Å². The number of nitrogens with zero attached hydrogens (tertiary/aromatic N) is 2. The summed E-state index contributed by atoms with van der Waals surface area (Å²) in [5.74, 6) is 1.04. The van der Waals surface area contributed by atoms with Crippen LogP contribution in [0.1, 0.15) is 43.1 Å². The number of imidazole rings is 1. The molecule has 1 aliphatic rings. The molecule has 1 aliphatic carbocycles. The van der Waals surface area contributed by atoms with Crippen LogP contribution in [0, 0.1) is 12.7 Å². The Kier molecular flexibility index (Phi) is 4.46. The van der Waals surface area contributed by atoms with E-state index in [-0.39, 0.29) is 5.82 Å². The lowest BCUT2D eigenvalue weighted by molar-refractivity contribution is 0.361. The van der Waals surface area contributed by atoms with Gasteiger partial charge in [-0.2, -0.15) is 11.8 Å². The molecule has 0 unspecified atom stereocenters. The van der Waals surface area contributed by atoms with Gasteiger partial charge in [0.2, 0.25) is 0 Å². The van der Waals surface area contributed by atoms with Crippen LogP contribution in [-0.4, -0.2) is 21.1 Å². The van der Waals surface area contributed by atoms with Gasteiger partial charge in [-0.3, -0.25) is 0 Å². The minimum Gasteiger partial charge on any atom is -0.324 e. The lowest BCUT2D eigenvalue weighted by Crippen LogP contribution is -2.20. The first-order valence-corrected chi connectivity index (χ1v) is 9.22. The third-order valence-electron chi connectivity index (χ3n) is 4.50. The van der Waals surface area contributed by atoms with Crippen LogP contribution in [0.3, 0.4) is 0 Å². The predicted molar refractivity (Wildman–Crippen MR) is 88.8 cm³/mol. The number of alkyl halides is 1. The van der Waals surface area contributed by atoms with Gasteiger partial charge < -0.3 is 4.57 Å². The van der Waals surface area contributed by atoms with E-state index in [1.807, 2.05) is 17.8 Å². The summed E-state index contributed by atoms with van der Waals surface area (Å²) in [5.41, 5.74) is 2.42. The Morgan fingerprint density at radius 2 is 2.05 bits per heavy atom. The third-order valence-corrected chi connectivity index (χ3v) is 5.88. The van der Waals surface area contributed by atoms with Gasteiger partial charge in [-0.1, -0.05) is 0 Å². The molecule has 1 aromatic heterocycles. The van der Waals surface area contributed by atoms with Crippen LogP contribution in [0.15, 0.2) is 12.1 Å². The lowest BCUT2D eigenvalue weighted by atomic mass is 9.94. The molecule has 3 rings (SSSR count). The maximum Gasteiger partial charge on any atom is 0.128 e. The van der Waals surface area contributed by atoms with Gasteiger partial charge in [-0.25, -0.2) is 9.37 Å². The SMILES string of the molecule is CSC1CCC(n2c(CCl)nc3cc(F)c(C)cc32)CC1. The van der Waals surface area contributed by atoms with Gasteiger partial charge in [0.1, 0.15) is 11.6 Å². The highest BCUT2D eigenvalue weighted by Crippen LogP contribution is 2.36. The van der Waals surface area contributed by atoms with Crippen molar-refractivity contribution in [2.45, 2.75) is 49.8 Å². The van der Waals surface area contributed by atoms with E-state index in [1.165, 1.54) is 18.9 Å². The summed E-state index contributed by atoms with van der Waals surface area (Å²) in [4.78, 5) is 4.53. The molecule has 0 spiro atoms. The largest absolute Gasteiger partial charge is 0.324 e. The second kappa shape index (κ2) is 6.17. The molecule has 21 heavy (non-hydrogen) atoms. The molecule has 0 bridgehead atoms. The highest BCUT2D eigenvalue weighted by molar-refractivity contribution is 7.99. The van der Waals surface area contributed by atoms with Crippen molar-refractivity contribution in [3.05, 3.63) is 29.3 Å². The Hall–Kier alpha value is -0.740. The average Bonchev–Trinajstić information content (AvgIpc) is 2.85. The number of aryl methyl sites for hydroxylation is 1.